The largest absolute Gasteiger partial charge is 0.0581 e. The molecule has 0 aromatic heterocycles. The summed E-state index contributed by atoms with van der Waals surface area (Å²) < 4.78 is 2.70. The third-order valence-electron chi connectivity index (χ3n) is 13.3. The highest BCUT2D eigenvalue weighted by Gasteiger charge is 2.24. The summed E-state index contributed by atoms with van der Waals surface area (Å²) in [5.74, 6) is 0. The van der Waals surface area contributed by atoms with Gasteiger partial charge in [0.2, 0.25) is 0 Å². The Morgan fingerprint density at radius 2 is 0.588 bits per heavy atom. The lowest BCUT2D eigenvalue weighted by molar-refractivity contribution is 0.779. The Kier molecular flexibility index (Phi) is 8.44. The fourth-order valence-electron chi connectivity index (χ4n) is 11.1. The molecule has 6 aliphatic carbocycles. The first kappa shape index (κ1) is 32.7. The monoisotopic (exact) mass is 794 g/mol. The summed E-state index contributed by atoms with van der Waals surface area (Å²) in [6.07, 6.45) is 23.1. The van der Waals surface area contributed by atoms with Gasteiger partial charge >= 0.3 is 0 Å². The van der Waals surface area contributed by atoms with Crippen molar-refractivity contribution in [2.24, 2.45) is 0 Å². The van der Waals surface area contributed by atoms with Gasteiger partial charge in [-0.2, -0.15) is 0 Å². The molecule has 0 saturated carbocycles. The van der Waals surface area contributed by atoms with Crippen molar-refractivity contribution < 1.29 is 0 Å². The molecule has 0 amide bonds. The lowest BCUT2D eigenvalue weighted by Crippen LogP contribution is -2.10. The Labute approximate surface area is 320 Å². The van der Waals surface area contributed by atoms with Gasteiger partial charge in [0, 0.05) is 8.95 Å². The maximum atomic E-state index is 3.80. The Hall–Kier alpha value is -2.94. The van der Waals surface area contributed by atoms with Crippen molar-refractivity contribution in [3.63, 3.8) is 0 Å². The normalized spacial score (nSPS) is 17.5. The molecule has 0 spiro atoms. The van der Waals surface area contributed by atoms with Crippen LogP contribution in [0.3, 0.4) is 0 Å². The molecule has 0 N–H and O–H groups in total. The van der Waals surface area contributed by atoms with Crippen molar-refractivity contribution in [1.29, 1.82) is 0 Å². The minimum atomic E-state index is 1.24. The van der Waals surface area contributed by atoms with Gasteiger partial charge in [0.1, 0.15) is 0 Å². The molecule has 0 bridgehead atoms. The van der Waals surface area contributed by atoms with E-state index in [1.54, 1.807) is 99.1 Å². The molecule has 0 atom stereocenters. The van der Waals surface area contributed by atoms with E-state index in [1.165, 1.54) is 130 Å². The van der Waals surface area contributed by atoms with Gasteiger partial charge in [0.15, 0.2) is 0 Å². The topological polar surface area (TPSA) is 0 Å². The molecule has 0 unspecified atom stereocenters. The van der Waals surface area contributed by atoms with Gasteiger partial charge in [-0.1, -0.05) is 74.3 Å². The predicted molar refractivity (Wildman–Crippen MR) is 224 cm³/mol. The fourth-order valence-corrected chi connectivity index (χ4v) is 12.5. The van der Waals surface area contributed by atoms with Crippen LogP contribution >= 0.6 is 31.9 Å². The minimum Gasteiger partial charge on any atom is -0.0581 e. The van der Waals surface area contributed by atoms with Crippen LogP contribution in [0.15, 0.2) is 63.5 Å². The molecule has 258 valence electrons. The van der Waals surface area contributed by atoms with E-state index >= 15 is 0 Å². The van der Waals surface area contributed by atoms with Crippen LogP contribution < -0.4 is 0 Å². The van der Waals surface area contributed by atoms with Crippen LogP contribution in [-0.2, 0) is 77.0 Å². The molecule has 0 nitrogen and oxygen atoms in total. The van der Waals surface area contributed by atoms with Crippen LogP contribution in [-0.4, -0.2) is 0 Å². The Balaban J connectivity index is 0.0000000964. The summed E-state index contributed by atoms with van der Waals surface area (Å²) in [6.45, 7) is 2.30. The number of halogens is 2. The van der Waals surface area contributed by atoms with E-state index in [0.717, 1.165) is 0 Å². The van der Waals surface area contributed by atoms with Crippen LogP contribution in [0.2, 0.25) is 0 Å². The first-order chi connectivity index (χ1) is 25.0. The predicted octanol–water partition coefficient (Wildman–Crippen LogP) is 13.3. The van der Waals surface area contributed by atoms with Gasteiger partial charge in [0.05, 0.1) is 0 Å². The second kappa shape index (κ2) is 13.2. The molecule has 2 heteroatoms. The standard InChI is InChI=1S/C17H17Br.C16H15Br.C16H16/c1-10-8-11-4-3-7-14-15(18)9-12-5-2-6-13(10)16(12)17(11)14;17-14-9-12-5-1-3-10-7-8-11-4-2-6-13(14)16(11)15(10)12;1-3-11-7-9-13-5-2-6-14-10-8-12(4-1)15(11)16(13)14/h8-9H,2-7H2,1H3;7-9H,1-6H2;7-10H,1-6H2. The fraction of sp³-hybridized carbons (Fsp3) is 0.388. The summed E-state index contributed by atoms with van der Waals surface area (Å²) in [6, 6.07) is 21.5. The highest BCUT2D eigenvalue weighted by Crippen LogP contribution is 2.43. The summed E-state index contributed by atoms with van der Waals surface area (Å²) in [4.78, 5) is 0. The molecule has 0 heterocycles. The summed E-state index contributed by atoms with van der Waals surface area (Å²) in [5.41, 5.74) is 20.6. The molecule has 0 aliphatic heterocycles. The van der Waals surface area contributed by atoms with E-state index in [4.69, 9.17) is 0 Å². The maximum Gasteiger partial charge on any atom is 0.0216 e. The molecule has 0 radical (unpaired) electrons. The van der Waals surface area contributed by atoms with Gasteiger partial charge in [-0.25, -0.2) is 0 Å². The molecule has 6 aliphatic rings. The van der Waals surface area contributed by atoms with Gasteiger partial charge in [-0.3, -0.25) is 0 Å². The van der Waals surface area contributed by atoms with Gasteiger partial charge < -0.3 is 0 Å². The number of hydrogen-bond donors (Lipinski definition) is 0. The van der Waals surface area contributed by atoms with E-state index < -0.39 is 0 Å². The van der Waals surface area contributed by atoms with Crippen LogP contribution in [0.1, 0.15) is 111 Å². The minimum absolute atomic E-state index is 1.24. The second-order valence-electron chi connectivity index (χ2n) is 16.3. The zero-order chi connectivity index (χ0) is 34.2. The SMILES string of the molecule is Brc1cc2c3c(ccc4c3c1CCC4)CCC2.Cc1cc2c3c(c(Br)cc4c3c1CCC4)CCC2.c1cc2c3c(ccc4c3c1CCC4)CCC2. The first-order valence-corrected chi connectivity index (χ1v) is 21.7. The van der Waals surface area contributed by atoms with Gasteiger partial charge in [-0.15, -0.1) is 0 Å². The Bertz CT molecular complexity index is 2250. The number of aryl methyl sites for hydroxylation is 13. The third kappa shape index (κ3) is 5.48. The van der Waals surface area contributed by atoms with E-state index in [2.05, 4.69) is 93.4 Å². The Morgan fingerprint density at radius 3 is 1.04 bits per heavy atom. The van der Waals surface area contributed by atoms with Crippen LogP contribution in [0.4, 0.5) is 0 Å². The summed E-state index contributed by atoms with van der Waals surface area (Å²) >= 11 is 7.59. The molecule has 12 rings (SSSR count). The molecule has 6 aromatic rings. The zero-order valence-corrected chi connectivity index (χ0v) is 33.4. The zero-order valence-electron chi connectivity index (χ0n) is 30.2. The van der Waals surface area contributed by atoms with E-state index in [9.17, 15) is 0 Å². The summed E-state index contributed by atoms with van der Waals surface area (Å²) in [5, 5.41) is 9.67. The second-order valence-corrected chi connectivity index (χ2v) is 18.1. The van der Waals surface area contributed by atoms with Crippen LogP contribution in [0, 0.1) is 6.92 Å². The van der Waals surface area contributed by atoms with E-state index in [0.29, 0.717) is 0 Å². The molecule has 0 saturated heterocycles. The smallest absolute Gasteiger partial charge is 0.0216 e. The summed E-state index contributed by atoms with van der Waals surface area (Å²) in [7, 11) is 0. The van der Waals surface area contributed by atoms with Crippen molar-refractivity contribution in [3.8, 4) is 0 Å². The van der Waals surface area contributed by atoms with Gasteiger partial charge in [0.25, 0.3) is 0 Å². The van der Waals surface area contributed by atoms with Crippen molar-refractivity contribution in [3.05, 3.63) is 136 Å². The average Bonchev–Trinajstić information content (AvgIpc) is 3.17. The number of rotatable bonds is 0. The average molecular weight is 797 g/mol. The maximum absolute atomic E-state index is 3.80. The highest BCUT2D eigenvalue weighted by molar-refractivity contribution is 9.10. The molecule has 51 heavy (non-hydrogen) atoms. The third-order valence-corrected chi connectivity index (χ3v) is 14.8. The van der Waals surface area contributed by atoms with Crippen LogP contribution in [0.25, 0.3) is 32.3 Å². The number of benzene rings is 6. The van der Waals surface area contributed by atoms with E-state index in [1.807, 2.05) is 0 Å². The van der Waals surface area contributed by atoms with Gasteiger partial charge in [-0.05, 0) is 239 Å². The molecule has 6 aromatic carbocycles. The lowest BCUT2D eigenvalue weighted by atomic mass is 9.79. The quantitative estimate of drug-likeness (QED) is 0.144. The van der Waals surface area contributed by atoms with Crippen molar-refractivity contribution in [2.45, 2.75) is 122 Å². The molecular weight excluding hydrogens is 748 g/mol. The van der Waals surface area contributed by atoms with E-state index in [-0.39, 0.29) is 0 Å². The lowest BCUT2D eigenvalue weighted by Gasteiger charge is -2.27. The first-order valence-electron chi connectivity index (χ1n) is 20.1. The Morgan fingerprint density at radius 1 is 0.314 bits per heavy atom. The van der Waals surface area contributed by atoms with Crippen molar-refractivity contribution in [2.75, 3.05) is 0 Å². The number of hydrogen-bond acceptors (Lipinski definition) is 0. The van der Waals surface area contributed by atoms with Crippen molar-refractivity contribution >= 4 is 64.2 Å². The van der Waals surface area contributed by atoms with Crippen molar-refractivity contribution in [1.82, 2.24) is 0 Å². The van der Waals surface area contributed by atoms with Crippen LogP contribution in [0.5, 0.6) is 0 Å². The molecule has 0 fully saturated rings. The molecular formula is C49H48Br2. The highest BCUT2D eigenvalue weighted by atomic mass is 79.9.